The molecular weight excluding hydrogens is 356 g/mol. The van der Waals surface area contributed by atoms with Crippen LogP contribution in [0, 0.1) is 5.41 Å². The molecule has 0 unspecified atom stereocenters. The van der Waals surface area contributed by atoms with E-state index in [9.17, 15) is 4.79 Å². The Morgan fingerprint density at radius 2 is 1.77 bits per heavy atom. The number of hydrogen-bond acceptors (Lipinski definition) is 7. The number of nitrogen functional groups attached to an aromatic ring is 3. The van der Waals surface area contributed by atoms with Crippen LogP contribution in [0.5, 0.6) is 0 Å². The molecule has 0 saturated carbocycles. The van der Waals surface area contributed by atoms with Gasteiger partial charge in [0.05, 0.1) is 0 Å². The maximum absolute atomic E-state index is 12.1. The van der Waals surface area contributed by atoms with Crippen LogP contribution in [0.25, 0.3) is 0 Å². The van der Waals surface area contributed by atoms with E-state index in [1.165, 1.54) is 5.56 Å². The Kier molecular flexibility index (Phi) is 6.56. The van der Waals surface area contributed by atoms with Crippen molar-refractivity contribution in [1.82, 2.24) is 20.6 Å². The molecule has 138 valence electrons. The van der Waals surface area contributed by atoms with E-state index >= 15 is 0 Å². The number of rotatable bonds is 6. The summed E-state index contributed by atoms with van der Waals surface area (Å²) >= 11 is 5.73. The third kappa shape index (κ3) is 5.49. The molecule has 0 fully saturated rings. The summed E-state index contributed by atoms with van der Waals surface area (Å²) in [4.78, 5) is 19.6. The number of carbonyl (C=O) groups excluding carboxylic acids is 1. The number of nitrogens with two attached hydrogens (primary N) is 3. The molecule has 0 spiro atoms. The molecule has 1 heterocycles. The zero-order chi connectivity index (χ0) is 19.1. The molecule has 10 heteroatoms. The number of aromatic nitrogens is 2. The molecule has 1 aromatic heterocycles. The zero-order valence-corrected chi connectivity index (χ0v) is 14.8. The van der Waals surface area contributed by atoms with Gasteiger partial charge in [-0.25, -0.2) is 9.97 Å². The van der Waals surface area contributed by atoms with Crippen LogP contribution in [0.3, 0.4) is 0 Å². The molecule has 26 heavy (non-hydrogen) atoms. The van der Waals surface area contributed by atoms with E-state index in [1.54, 1.807) is 0 Å². The fourth-order valence-corrected chi connectivity index (χ4v) is 2.30. The summed E-state index contributed by atoms with van der Waals surface area (Å²) in [5.74, 6) is -1.05. The number of guanidine groups is 1. The number of hydrogen-bond donors (Lipinski definition) is 6. The Hall–Kier alpha value is -3.07. The van der Waals surface area contributed by atoms with Crippen LogP contribution in [0.1, 0.15) is 28.9 Å². The van der Waals surface area contributed by atoms with Crippen molar-refractivity contribution in [3.05, 3.63) is 40.7 Å². The minimum absolute atomic E-state index is 0.0602. The highest BCUT2D eigenvalue weighted by molar-refractivity contribution is 6.31. The van der Waals surface area contributed by atoms with Gasteiger partial charge < -0.3 is 22.5 Å². The minimum atomic E-state index is -0.684. The first-order chi connectivity index (χ1) is 12.4. The molecule has 0 atom stereocenters. The third-order valence-corrected chi connectivity index (χ3v) is 3.81. The van der Waals surface area contributed by atoms with Crippen LogP contribution >= 0.6 is 11.6 Å². The summed E-state index contributed by atoms with van der Waals surface area (Å²) in [5.41, 5.74) is 18.5. The summed E-state index contributed by atoms with van der Waals surface area (Å²) in [6.07, 6.45) is 2.68. The number of aryl methyl sites for hydroxylation is 1. The Morgan fingerprint density at radius 1 is 1.08 bits per heavy atom. The van der Waals surface area contributed by atoms with E-state index in [4.69, 9.17) is 34.2 Å². The minimum Gasteiger partial charge on any atom is -0.399 e. The van der Waals surface area contributed by atoms with Gasteiger partial charge >= 0.3 is 0 Å². The van der Waals surface area contributed by atoms with Gasteiger partial charge in [-0.3, -0.25) is 15.5 Å². The van der Waals surface area contributed by atoms with Crippen molar-refractivity contribution in [3.8, 4) is 0 Å². The Morgan fingerprint density at radius 3 is 2.46 bits per heavy atom. The average Bonchev–Trinajstić information content (AvgIpc) is 2.59. The highest BCUT2D eigenvalue weighted by Gasteiger charge is 2.16. The summed E-state index contributed by atoms with van der Waals surface area (Å²) in [6.45, 7) is 0.539. The van der Waals surface area contributed by atoms with Crippen LogP contribution in [0.2, 0.25) is 5.15 Å². The summed E-state index contributed by atoms with van der Waals surface area (Å²) in [6, 6.07) is 7.73. The van der Waals surface area contributed by atoms with Crippen LogP contribution < -0.4 is 27.8 Å². The van der Waals surface area contributed by atoms with Gasteiger partial charge in [0.1, 0.15) is 0 Å². The van der Waals surface area contributed by atoms with Gasteiger partial charge in [-0.05, 0) is 37.0 Å². The Labute approximate surface area is 155 Å². The van der Waals surface area contributed by atoms with Crippen molar-refractivity contribution < 1.29 is 4.79 Å². The Bertz CT molecular complexity index is 794. The van der Waals surface area contributed by atoms with Crippen molar-refractivity contribution in [2.24, 2.45) is 0 Å². The molecule has 0 aliphatic carbocycles. The number of nitrogens with zero attached hydrogens (tertiary/aromatic N) is 2. The molecule has 0 aliphatic heterocycles. The molecule has 0 aliphatic rings. The molecule has 0 radical (unpaired) electrons. The predicted molar refractivity (Wildman–Crippen MR) is 103 cm³/mol. The van der Waals surface area contributed by atoms with Crippen molar-refractivity contribution >= 4 is 40.8 Å². The van der Waals surface area contributed by atoms with E-state index in [-0.39, 0.29) is 28.4 Å². The molecule has 1 amide bonds. The van der Waals surface area contributed by atoms with E-state index in [1.807, 2.05) is 24.3 Å². The van der Waals surface area contributed by atoms with Gasteiger partial charge in [-0.2, -0.15) is 0 Å². The van der Waals surface area contributed by atoms with Gasteiger partial charge in [0.25, 0.3) is 5.91 Å². The van der Waals surface area contributed by atoms with Gasteiger partial charge in [0.15, 0.2) is 28.4 Å². The van der Waals surface area contributed by atoms with Crippen molar-refractivity contribution in [2.75, 3.05) is 23.7 Å². The highest BCUT2D eigenvalue weighted by atomic mass is 35.5. The zero-order valence-electron chi connectivity index (χ0n) is 14.1. The van der Waals surface area contributed by atoms with Crippen LogP contribution in [-0.2, 0) is 6.42 Å². The van der Waals surface area contributed by atoms with Gasteiger partial charge in [0.2, 0.25) is 0 Å². The number of amides is 1. The number of carbonyl (C=O) groups is 1. The van der Waals surface area contributed by atoms with E-state index in [0.717, 1.165) is 24.9 Å². The number of nitrogens with one attached hydrogen (secondary N) is 3. The lowest BCUT2D eigenvalue weighted by Crippen LogP contribution is -2.41. The topological polar surface area (TPSA) is 169 Å². The van der Waals surface area contributed by atoms with E-state index in [0.29, 0.717) is 6.54 Å². The number of benzene rings is 1. The largest absolute Gasteiger partial charge is 0.399 e. The molecule has 2 rings (SSSR count). The van der Waals surface area contributed by atoms with Crippen LogP contribution in [0.4, 0.5) is 17.3 Å². The highest BCUT2D eigenvalue weighted by Crippen LogP contribution is 2.17. The lowest BCUT2D eigenvalue weighted by Gasteiger charge is -2.10. The standard InChI is InChI=1S/C16H21ClN8O/c17-12-14(20)24-13(19)11(23-12)15(26)25-16(21)22-8-2-1-3-9-4-6-10(18)7-5-9/h4-7H,1-3,8,18H2,(H4,19,20,24)(H3,21,22,25,26). The first-order valence-electron chi connectivity index (χ1n) is 7.93. The molecule has 0 saturated heterocycles. The smallest absolute Gasteiger partial charge is 0.280 e. The first kappa shape index (κ1) is 19.3. The van der Waals surface area contributed by atoms with Crippen LogP contribution in [0.15, 0.2) is 24.3 Å². The third-order valence-electron chi connectivity index (χ3n) is 3.53. The quantitative estimate of drug-likeness (QED) is 0.190. The summed E-state index contributed by atoms with van der Waals surface area (Å²) < 4.78 is 0. The molecule has 1 aromatic carbocycles. The lowest BCUT2D eigenvalue weighted by atomic mass is 10.1. The van der Waals surface area contributed by atoms with Crippen molar-refractivity contribution in [2.45, 2.75) is 19.3 Å². The number of unbranched alkanes of at least 4 members (excludes halogenated alkanes) is 1. The fourth-order valence-electron chi connectivity index (χ4n) is 2.18. The monoisotopic (exact) mass is 376 g/mol. The molecule has 9 nitrogen and oxygen atoms in total. The SMILES string of the molecule is N=C(NCCCCc1ccc(N)cc1)NC(=O)c1nc(Cl)c(N)nc1N. The molecular formula is C16H21ClN8O. The van der Waals surface area contributed by atoms with Gasteiger partial charge in [-0.1, -0.05) is 23.7 Å². The predicted octanol–water partition coefficient (Wildman–Crippen LogP) is 1.15. The normalized spacial score (nSPS) is 10.3. The molecule has 2 aromatic rings. The van der Waals surface area contributed by atoms with E-state index < -0.39 is 5.91 Å². The number of halogens is 1. The van der Waals surface area contributed by atoms with Crippen molar-refractivity contribution in [1.29, 1.82) is 5.41 Å². The second-order valence-electron chi connectivity index (χ2n) is 5.59. The summed E-state index contributed by atoms with van der Waals surface area (Å²) in [5, 5.41) is 12.8. The summed E-state index contributed by atoms with van der Waals surface area (Å²) in [7, 11) is 0. The average molecular weight is 377 g/mol. The first-order valence-corrected chi connectivity index (χ1v) is 8.31. The number of anilines is 3. The Balaban J connectivity index is 1.72. The maximum Gasteiger partial charge on any atom is 0.280 e. The maximum atomic E-state index is 12.1. The van der Waals surface area contributed by atoms with Crippen molar-refractivity contribution in [3.63, 3.8) is 0 Å². The lowest BCUT2D eigenvalue weighted by molar-refractivity contribution is 0.0971. The molecule has 9 N–H and O–H groups in total. The van der Waals surface area contributed by atoms with Gasteiger partial charge in [-0.15, -0.1) is 0 Å². The fraction of sp³-hybridized carbons (Fsp3) is 0.250. The van der Waals surface area contributed by atoms with Gasteiger partial charge in [0, 0.05) is 12.2 Å². The van der Waals surface area contributed by atoms with Crippen LogP contribution in [-0.4, -0.2) is 28.4 Å². The second kappa shape index (κ2) is 8.86. The van der Waals surface area contributed by atoms with E-state index in [2.05, 4.69) is 20.6 Å². The molecule has 0 bridgehead atoms. The second-order valence-corrected chi connectivity index (χ2v) is 5.95.